The highest BCUT2D eigenvalue weighted by molar-refractivity contribution is 7.91. The first kappa shape index (κ1) is 16.5. The maximum Gasteiger partial charge on any atom is 0.243 e. The average molecular weight is 331 g/mol. The van der Waals surface area contributed by atoms with E-state index in [1.807, 2.05) is 6.92 Å². The van der Waals surface area contributed by atoms with Crippen molar-refractivity contribution in [3.05, 3.63) is 24.3 Å². The molecule has 1 aromatic carbocycles. The van der Waals surface area contributed by atoms with Gasteiger partial charge in [0.05, 0.1) is 9.79 Å². The number of benzene rings is 1. The van der Waals surface area contributed by atoms with Crippen LogP contribution in [0, 0.1) is 0 Å². The molecule has 0 radical (unpaired) electrons. The quantitative estimate of drug-likeness (QED) is 0.846. The summed E-state index contributed by atoms with van der Waals surface area (Å²) in [5, 5.41) is 0. The number of sulfone groups is 1. The van der Waals surface area contributed by atoms with Crippen LogP contribution >= 0.6 is 0 Å². The van der Waals surface area contributed by atoms with Crippen molar-refractivity contribution in [2.45, 2.75) is 48.4 Å². The van der Waals surface area contributed by atoms with Gasteiger partial charge in [-0.2, -0.15) is 4.31 Å². The summed E-state index contributed by atoms with van der Waals surface area (Å²) in [5.41, 5.74) is 0. The van der Waals surface area contributed by atoms with Crippen LogP contribution in [0.4, 0.5) is 0 Å². The highest BCUT2D eigenvalue weighted by atomic mass is 32.2. The van der Waals surface area contributed by atoms with Crippen LogP contribution in [0.25, 0.3) is 0 Å². The maximum absolute atomic E-state index is 12.8. The second-order valence-corrected chi connectivity index (χ2v) is 9.33. The molecule has 1 heterocycles. The minimum Gasteiger partial charge on any atom is -0.224 e. The summed E-state index contributed by atoms with van der Waals surface area (Å²) in [6, 6.07) is 5.62. The van der Waals surface area contributed by atoms with Gasteiger partial charge in [-0.15, -0.1) is 0 Å². The van der Waals surface area contributed by atoms with Crippen LogP contribution in [0.2, 0.25) is 0 Å². The second-order valence-electron chi connectivity index (χ2n) is 5.42. The maximum atomic E-state index is 12.8. The lowest BCUT2D eigenvalue weighted by molar-refractivity contribution is 0.246. The number of piperidine rings is 1. The van der Waals surface area contributed by atoms with E-state index in [1.54, 1.807) is 0 Å². The van der Waals surface area contributed by atoms with Crippen LogP contribution in [0.5, 0.6) is 0 Å². The number of rotatable bonds is 4. The van der Waals surface area contributed by atoms with Gasteiger partial charge in [0.1, 0.15) is 0 Å². The molecule has 1 aliphatic heterocycles. The highest BCUT2D eigenvalue weighted by Crippen LogP contribution is 2.27. The molecule has 0 unspecified atom stereocenters. The fourth-order valence-corrected chi connectivity index (χ4v) is 5.25. The molecule has 0 spiro atoms. The lowest BCUT2D eigenvalue weighted by Gasteiger charge is -2.34. The van der Waals surface area contributed by atoms with E-state index < -0.39 is 19.9 Å². The van der Waals surface area contributed by atoms with Gasteiger partial charge in [-0.05, 0) is 37.5 Å². The van der Waals surface area contributed by atoms with Crippen molar-refractivity contribution in [1.29, 1.82) is 0 Å². The minimum absolute atomic E-state index is 0.00522. The molecule has 21 heavy (non-hydrogen) atoms. The van der Waals surface area contributed by atoms with E-state index >= 15 is 0 Å². The first-order valence-electron chi connectivity index (χ1n) is 7.09. The number of hydrogen-bond acceptors (Lipinski definition) is 4. The monoisotopic (exact) mass is 331 g/mol. The van der Waals surface area contributed by atoms with E-state index in [4.69, 9.17) is 0 Å². The molecule has 1 fully saturated rings. The van der Waals surface area contributed by atoms with Crippen LogP contribution in [0.15, 0.2) is 34.1 Å². The Labute approximate surface area is 126 Å². The van der Waals surface area contributed by atoms with Crippen LogP contribution in [-0.2, 0) is 19.9 Å². The van der Waals surface area contributed by atoms with Gasteiger partial charge in [0.25, 0.3) is 0 Å². The third-order valence-electron chi connectivity index (χ3n) is 3.88. The third-order valence-corrected chi connectivity index (χ3v) is 6.94. The standard InChI is InChI=1S/C14H21NO4S2/c1-3-12-7-4-5-10-15(12)21(18,19)14-9-6-8-13(11-14)20(2,16)17/h6,8-9,11-12H,3-5,7,10H2,1-2H3/t12-/m0/s1. The Morgan fingerprint density at radius 2 is 1.81 bits per heavy atom. The summed E-state index contributed by atoms with van der Waals surface area (Å²) < 4.78 is 50.3. The summed E-state index contributed by atoms with van der Waals surface area (Å²) in [7, 11) is -7.06. The molecular formula is C14H21NO4S2. The van der Waals surface area contributed by atoms with E-state index in [-0.39, 0.29) is 15.8 Å². The molecule has 5 nitrogen and oxygen atoms in total. The van der Waals surface area contributed by atoms with Gasteiger partial charge in [-0.1, -0.05) is 19.4 Å². The van der Waals surface area contributed by atoms with Crippen molar-refractivity contribution in [2.75, 3.05) is 12.8 Å². The van der Waals surface area contributed by atoms with Gasteiger partial charge in [0.15, 0.2) is 9.84 Å². The lowest BCUT2D eigenvalue weighted by Crippen LogP contribution is -2.43. The topological polar surface area (TPSA) is 71.5 Å². The second kappa shape index (κ2) is 6.06. The first-order valence-corrected chi connectivity index (χ1v) is 10.4. The summed E-state index contributed by atoms with van der Waals surface area (Å²) in [4.78, 5) is 0.0967. The highest BCUT2D eigenvalue weighted by Gasteiger charge is 2.32. The van der Waals surface area contributed by atoms with Crippen molar-refractivity contribution in [1.82, 2.24) is 4.31 Å². The zero-order chi connectivity index (χ0) is 15.7. The zero-order valence-electron chi connectivity index (χ0n) is 12.3. The molecule has 1 atom stereocenters. The van der Waals surface area contributed by atoms with Crippen molar-refractivity contribution >= 4 is 19.9 Å². The van der Waals surface area contributed by atoms with Crippen LogP contribution in [0.1, 0.15) is 32.6 Å². The van der Waals surface area contributed by atoms with Gasteiger partial charge >= 0.3 is 0 Å². The summed E-state index contributed by atoms with van der Waals surface area (Å²) in [6.45, 7) is 2.48. The Bertz CT molecular complexity index is 710. The molecule has 1 aromatic rings. The van der Waals surface area contributed by atoms with Gasteiger partial charge in [-0.3, -0.25) is 0 Å². The summed E-state index contributed by atoms with van der Waals surface area (Å²) >= 11 is 0. The fourth-order valence-electron chi connectivity index (χ4n) is 2.70. The molecule has 118 valence electrons. The van der Waals surface area contributed by atoms with E-state index in [9.17, 15) is 16.8 Å². The SMILES string of the molecule is CC[C@H]1CCCCN1S(=O)(=O)c1cccc(S(C)(=O)=O)c1. The molecule has 1 aliphatic rings. The number of sulfonamides is 1. The largest absolute Gasteiger partial charge is 0.243 e. The Balaban J connectivity index is 2.44. The molecule has 0 amide bonds. The fraction of sp³-hybridized carbons (Fsp3) is 0.571. The van der Waals surface area contributed by atoms with E-state index in [1.165, 1.54) is 28.6 Å². The van der Waals surface area contributed by atoms with Crippen molar-refractivity contribution < 1.29 is 16.8 Å². The zero-order valence-corrected chi connectivity index (χ0v) is 14.0. The number of nitrogens with zero attached hydrogens (tertiary/aromatic N) is 1. The lowest BCUT2D eigenvalue weighted by atomic mass is 10.0. The molecule has 2 rings (SSSR count). The average Bonchev–Trinajstić information content (AvgIpc) is 2.46. The minimum atomic E-state index is -3.64. The third kappa shape index (κ3) is 3.46. The Morgan fingerprint density at radius 3 is 2.43 bits per heavy atom. The van der Waals surface area contributed by atoms with E-state index in [0.29, 0.717) is 6.54 Å². The van der Waals surface area contributed by atoms with Crippen molar-refractivity contribution in [3.63, 3.8) is 0 Å². The molecule has 0 aliphatic carbocycles. The molecule has 0 saturated carbocycles. The van der Waals surface area contributed by atoms with Gasteiger partial charge in [-0.25, -0.2) is 16.8 Å². The first-order chi connectivity index (χ1) is 9.76. The predicted molar refractivity (Wildman–Crippen MR) is 81.4 cm³/mol. The van der Waals surface area contributed by atoms with Crippen molar-refractivity contribution in [3.8, 4) is 0 Å². The van der Waals surface area contributed by atoms with Gasteiger partial charge < -0.3 is 0 Å². The summed E-state index contributed by atoms with van der Waals surface area (Å²) in [5.74, 6) is 0. The molecule has 0 N–H and O–H groups in total. The Kier molecular flexibility index (Phi) is 4.75. The van der Waals surface area contributed by atoms with E-state index in [0.717, 1.165) is 31.9 Å². The van der Waals surface area contributed by atoms with E-state index in [2.05, 4.69) is 0 Å². The molecule has 0 bridgehead atoms. The predicted octanol–water partition coefficient (Wildman–Crippen LogP) is 2.04. The van der Waals surface area contributed by atoms with Crippen molar-refractivity contribution in [2.24, 2.45) is 0 Å². The Hall–Kier alpha value is -0.920. The molecular weight excluding hydrogens is 310 g/mol. The van der Waals surface area contributed by atoms with Gasteiger partial charge in [0, 0.05) is 18.8 Å². The van der Waals surface area contributed by atoms with Crippen LogP contribution < -0.4 is 0 Å². The summed E-state index contributed by atoms with van der Waals surface area (Å²) in [6.07, 6.45) is 4.59. The van der Waals surface area contributed by atoms with Crippen LogP contribution in [-0.4, -0.2) is 40.0 Å². The smallest absolute Gasteiger partial charge is 0.224 e. The van der Waals surface area contributed by atoms with Gasteiger partial charge in [0.2, 0.25) is 10.0 Å². The molecule has 7 heteroatoms. The Morgan fingerprint density at radius 1 is 1.14 bits per heavy atom. The van der Waals surface area contributed by atoms with Crippen LogP contribution in [0.3, 0.4) is 0 Å². The molecule has 0 aromatic heterocycles. The normalized spacial score (nSPS) is 21.3. The molecule has 1 saturated heterocycles. The number of hydrogen-bond donors (Lipinski definition) is 0.